The van der Waals surface area contributed by atoms with Gasteiger partial charge in [-0.25, -0.2) is 4.39 Å². The lowest BCUT2D eigenvalue weighted by atomic mass is 10.4. The summed E-state index contributed by atoms with van der Waals surface area (Å²) in [5, 5.41) is 9.84. The van der Waals surface area contributed by atoms with Crippen molar-refractivity contribution in [2.75, 3.05) is 0 Å². The van der Waals surface area contributed by atoms with Crippen LogP contribution in [0.5, 0.6) is 0 Å². The van der Waals surface area contributed by atoms with Crippen LogP contribution in [0.1, 0.15) is 0 Å². The Morgan fingerprint density at radius 3 is 2.58 bits per heavy atom. The molecule has 0 radical (unpaired) electrons. The van der Waals surface area contributed by atoms with Crippen LogP contribution < -0.4 is 0 Å². The van der Waals surface area contributed by atoms with Gasteiger partial charge < -0.3 is 0 Å². The molecular weight excluding hydrogens is 173 g/mol. The highest BCUT2D eigenvalue weighted by molar-refractivity contribution is 8.02. The van der Waals surface area contributed by atoms with Gasteiger partial charge in [0.2, 0.25) is 0 Å². The van der Waals surface area contributed by atoms with Crippen molar-refractivity contribution in [3.8, 4) is 6.07 Å². The zero-order valence-corrected chi connectivity index (χ0v) is 7.01. The maximum Gasteiger partial charge on any atom is 0.123 e. The Morgan fingerprint density at radius 2 is 2.00 bits per heavy atom. The lowest BCUT2D eigenvalue weighted by Crippen LogP contribution is -1.71. The predicted octanol–water partition coefficient (Wildman–Crippen LogP) is 2.96. The van der Waals surface area contributed by atoms with Crippen LogP contribution in [0.25, 0.3) is 0 Å². The third-order valence-corrected chi connectivity index (χ3v) is 1.98. The molecular formula is C9H6FNS. The average Bonchev–Trinajstić information content (AvgIpc) is 2.09. The van der Waals surface area contributed by atoms with E-state index in [-0.39, 0.29) is 5.82 Å². The molecule has 0 unspecified atom stereocenters. The molecule has 12 heavy (non-hydrogen) atoms. The number of nitriles is 1. The topological polar surface area (TPSA) is 23.8 Å². The van der Waals surface area contributed by atoms with Gasteiger partial charge in [0, 0.05) is 11.0 Å². The van der Waals surface area contributed by atoms with Gasteiger partial charge >= 0.3 is 0 Å². The molecule has 0 aliphatic heterocycles. The summed E-state index contributed by atoms with van der Waals surface area (Å²) < 4.78 is 12.4. The van der Waals surface area contributed by atoms with Gasteiger partial charge in [0.1, 0.15) is 5.82 Å². The van der Waals surface area contributed by atoms with Crippen LogP contribution in [0, 0.1) is 17.1 Å². The van der Waals surface area contributed by atoms with E-state index in [9.17, 15) is 4.39 Å². The maximum atomic E-state index is 12.4. The minimum absolute atomic E-state index is 0.247. The van der Waals surface area contributed by atoms with Gasteiger partial charge in [-0.3, -0.25) is 0 Å². The van der Waals surface area contributed by atoms with Crippen molar-refractivity contribution < 1.29 is 4.39 Å². The van der Waals surface area contributed by atoms with Gasteiger partial charge in [-0.05, 0) is 29.7 Å². The van der Waals surface area contributed by atoms with E-state index in [0.717, 1.165) is 4.90 Å². The molecule has 0 saturated carbocycles. The van der Waals surface area contributed by atoms with Crippen molar-refractivity contribution >= 4 is 11.8 Å². The van der Waals surface area contributed by atoms with E-state index in [1.54, 1.807) is 17.5 Å². The Bertz CT molecular complexity index is 310. The van der Waals surface area contributed by atoms with Gasteiger partial charge in [0.25, 0.3) is 0 Å². The highest BCUT2D eigenvalue weighted by Gasteiger charge is 1.90. The summed E-state index contributed by atoms with van der Waals surface area (Å²) in [7, 11) is 0. The normalized spacial score (nSPS) is 10.0. The molecule has 0 atom stereocenters. The van der Waals surface area contributed by atoms with Crippen molar-refractivity contribution in [1.82, 2.24) is 0 Å². The minimum atomic E-state index is -0.247. The van der Waals surface area contributed by atoms with E-state index in [1.165, 1.54) is 30.0 Å². The maximum absolute atomic E-state index is 12.4. The molecule has 0 bridgehead atoms. The van der Waals surface area contributed by atoms with Crippen molar-refractivity contribution in [3.05, 3.63) is 41.6 Å². The first-order valence-electron chi connectivity index (χ1n) is 3.30. The Labute approximate surface area is 74.5 Å². The lowest BCUT2D eigenvalue weighted by molar-refractivity contribution is 0.626. The number of thioether (sulfide) groups is 1. The molecule has 0 aliphatic rings. The minimum Gasteiger partial charge on any atom is -0.207 e. The second-order valence-electron chi connectivity index (χ2n) is 2.00. The quantitative estimate of drug-likeness (QED) is 0.514. The molecule has 0 aromatic heterocycles. The Kier molecular flexibility index (Phi) is 3.36. The Hall–Kier alpha value is -1.27. The van der Waals surface area contributed by atoms with E-state index in [4.69, 9.17) is 5.26 Å². The molecule has 1 aromatic carbocycles. The molecule has 1 rings (SSSR count). The van der Waals surface area contributed by atoms with E-state index >= 15 is 0 Å². The second-order valence-corrected chi connectivity index (χ2v) is 2.98. The number of rotatable bonds is 2. The average molecular weight is 179 g/mol. The van der Waals surface area contributed by atoms with E-state index < -0.39 is 0 Å². The molecule has 60 valence electrons. The number of hydrogen-bond donors (Lipinski definition) is 0. The highest BCUT2D eigenvalue weighted by atomic mass is 32.2. The molecule has 0 amide bonds. The second kappa shape index (κ2) is 4.58. The SMILES string of the molecule is N#CC=CSc1ccc(F)cc1. The van der Waals surface area contributed by atoms with E-state index in [2.05, 4.69) is 0 Å². The third kappa shape index (κ3) is 2.77. The molecule has 1 aromatic rings. The molecule has 0 saturated heterocycles. The lowest BCUT2D eigenvalue weighted by Gasteiger charge is -1.93. The van der Waals surface area contributed by atoms with Crippen molar-refractivity contribution in [2.45, 2.75) is 4.90 Å². The summed E-state index contributed by atoms with van der Waals surface area (Å²) in [6.45, 7) is 0. The predicted molar refractivity (Wildman–Crippen MR) is 47.0 cm³/mol. The van der Waals surface area contributed by atoms with Gasteiger partial charge in [0.05, 0.1) is 6.07 Å². The fourth-order valence-electron chi connectivity index (χ4n) is 0.656. The first-order valence-corrected chi connectivity index (χ1v) is 4.18. The van der Waals surface area contributed by atoms with Crippen LogP contribution >= 0.6 is 11.8 Å². The van der Waals surface area contributed by atoms with Crippen LogP contribution in [0.3, 0.4) is 0 Å². The number of allylic oxidation sites excluding steroid dienone is 1. The summed E-state index contributed by atoms with van der Waals surface area (Å²) in [6, 6.07) is 7.99. The summed E-state index contributed by atoms with van der Waals surface area (Å²) in [5.74, 6) is -0.247. The summed E-state index contributed by atoms with van der Waals surface area (Å²) in [4.78, 5) is 0.919. The first kappa shape index (κ1) is 8.82. The molecule has 0 fully saturated rings. The fourth-order valence-corrected chi connectivity index (χ4v) is 1.24. The van der Waals surface area contributed by atoms with Crippen LogP contribution in [0.15, 0.2) is 40.6 Å². The van der Waals surface area contributed by atoms with Gasteiger partial charge in [-0.15, -0.1) is 0 Å². The molecule has 0 N–H and O–H groups in total. The van der Waals surface area contributed by atoms with E-state index in [0.29, 0.717) is 0 Å². The Morgan fingerprint density at radius 1 is 1.33 bits per heavy atom. The zero-order chi connectivity index (χ0) is 8.81. The number of nitrogens with zero attached hydrogens (tertiary/aromatic N) is 1. The standard InChI is InChI=1S/C9H6FNS/c10-8-2-4-9(5-3-8)12-7-1-6-11/h1-5,7H. The van der Waals surface area contributed by atoms with E-state index in [1.807, 2.05) is 6.07 Å². The first-order chi connectivity index (χ1) is 5.83. The fraction of sp³-hybridized carbons (Fsp3) is 0. The smallest absolute Gasteiger partial charge is 0.123 e. The number of hydrogen-bond acceptors (Lipinski definition) is 2. The van der Waals surface area contributed by atoms with Crippen LogP contribution in [-0.2, 0) is 0 Å². The number of benzene rings is 1. The van der Waals surface area contributed by atoms with Crippen LogP contribution in [-0.4, -0.2) is 0 Å². The van der Waals surface area contributed by atoms with Gasteiger partial charge in [-0.1, -0.05) is 11.8 Å². The zero-order valence-electron chi connectivity index (χ0n) is 6.20. The third-order valence-electron chi connectivity index (χ3n) is 1.16. The summed E-state index contributed by atoms with van der Waals surface area (Å²) >= 11 is 1.38. The summed E-state index contributed by atoms with van der Waals surface area (Å²) in [5.41, 5.74) is 0. The molecule has 0 heterocycles. The monoisotopic (exact) mass is 179 g/mol. The Balaban J connectivity index is 2.60. The van der Waals surface area contributed by atoms with Crippen LogP contribution in [0.4, 0.5) is 4.39 Å². The largest absolute Gasteiger partial charge is 0.207 e. The van der Waals surface area contributed by atoms with Crippen molar-refractivity contribution in [2.24, 2.45) is 0 Å². The number of halogens is 1. The van der Waals surface area contributed by atoms with Gasteiger partial charge in [-0.2, -0.15) is 5.26 Å². The molecule has 1 nitrogen and oxygen atoms in total. The van der Waals surface area contributed by atoms with Crippen LogP contribution in [0.2, 0.25) is 0 Å². The van der Waals surface area contributed by atoms with Gasteiger partial charge in [0.15, 0.2) is 0 Å². The molecule has 0 aliphatic carbocycles. The summed E-state index contributed by atoms with van der Waals surface area (Å²) in [6.07, 6.45) is 1.38. The van der Waals surface area contributed by atoms with Crippen molar-refractivity contribution in [1.29, 1.82) is 5.26 Å². The molecule has 0 spiro atoms. The van der Waals surface area contributed by atoms with Crippen molar-refractivity contribution in [3.63, 3.8) is 0 Å². The molecule has 3 heteroatoms. The highest BCUT2D eigenvalue weighted by Crippen LogP contribution is 2.18.